The van der Waals surface area contributed by atoms with Gasteiger partial charge in [-0.25, -0.2) is 0 Å². The van der Waals surface area contributed by atoms with E-state index in [0.717, 1.165) is 19.5 Å². The number of rotatable bonds is 2. The van der Waals surface area contributed by atoms with Crippen molar-refractivity contribution < 1.29 is 9.53 Å². The van der Waals surface area contributed by atoms with Gasteiger partial charge in [-0.05, 0) is 30.0 Å². The number of ether oxygens (including phenoxy) is 1. The Hall–Kier alpha value is -1.35. The van der Waals surface area contributed by atoms with E-state index in [4.69, 9.17) is 0 Å². The predicted molar refractivity (Wildman–Crippen MR) is 62.2 cm³/mol. The van der Waals surface area contributed by atoms with E-state index in [2.05, 4.69) is 34.8 Å². The van der Waals surface area contributed by atoms with E-state index < -0.39 is 0 Å². The smallest absolute Gasteiger partial charge is 0.319 e. The summed E-state index contributed by atoms with van der Waals surface area (Å²) in [5.74, 6) is -0.156. The summed E-state index contributed by atoms with van der Waals surface area (Å²) < 4.78 is 4.68. The molecule has 1 heterocycles. The number of hydrogen-bond donors (Lipinski definition) is 0. The van der Waals surface area contributed by atoms with Crippen LogP contribution in [-0.4, -0.2) is 31.1 Å². The Kier molecular flexibility index (Phi) is 3.25. The summed E-state index contributed by atoms with van der Waals surface area (Å²) in [6, 6.07) is 6.37. The number of benzene rings is 1. The van der Waals surface area contributed by atoms with Crippen LogP contribution in [0.3, 0.4) is 0 Å². The first-order chi connectivity index (χ1) is 7.70. The molecule has 1 aromatic rings. The average Bonchev–Trinajstić information content (AvgIpc) is 2.29. The Bertz CT molecular complexity index is 401. The number of nitrogens with zero attached hydrogens (tertiary/aromatic N) is 1. The molecule has 0 saturated carbocycles. The molecule has 1 aliphatic heterocycles. The van der Waals surface area contributed by atoms with Crippen LogP contribution in [-0.2, 0) is 22.5 Å². The molecule has 3 heteroatoms. The number of hydrogen-bond acceptors (Lipinski definition) is 3. The zero-order valence-electron chi connectivity index (χ0n) is 9.82. The van der Waals surface area contributed by atoms with Gasteiger partial charge in [0.15, 0.2) is 0 Å². The normalized spacial score (nSPS) is 15.6. The van der Waals surface area contributed by atoms with Crippen molar-refractivity contribution in [1.82, 2.24) is 4.90 Å². The summed E-state index contributed by atoms with van der Waals surface area (Å²) >= 11 is 0. The third kappa shape index (κ3) is 2.25. The van der Waals surface area contributed by atoms with Gasteiger partial charge in [0.05, 0.1) is 13.7 Å². The molecule has 0 amide bonds. The van der Waals surface area contributed by atoms with Crippen molar-refractivity contribution in [2.24, 2.45) is 0 Å². The van der Waals surface area contributed by atoms with Crippen LogP contribution in [0.4, 0.5) is 0 Å². The van der Waals surface area contributed by atoms with E-state index >= 15 is 0 Å². The lowest BCUT2D eigenvalue weighted by atomic mass is 9.95. The standard InChI is InChI=1S/C13H17NO2/c1-10-4-3-5-11-8-14(7-6-12(10)11)9-13(15)16-2/h3-5H,6-9H2,1-2H3. The molecule has 0 bridgehead atoms. The predicted octanol–water partition coefficient (Wildman–Crippen LogP) is 1.53. The quantitative estimate of drug-likeness (QED) is 0.706. The van der Waals surface area contributed by atoms with Crippen molar-refractivity contribution in [3.05, 3.63) is 34.9 Å². The average molecular weight is 219 g/mol. The van der Waals surface area contributed by atoms with Crippen LogP contribution in [0.5, 0.6) is 0 Å². The molecule has 16 heavy (non-hydrogen) atoms. The number of carbonyl (C=O) groups excluding carboxylic acids is 1. The van der Waals surface area contributed by atoms with Crippen molar-refractivity contribution in [1.29, 1.82) is 0 Å². The maximum atomic E-state index is 11.2. The molecule has 1 aromatic carbocycles. The highest BCUT2D eigenvalue weighted by molar-refractivity contribution is 5.71. The monoisotopic (exact) mass is 219 g/mol. The minimum absolute atomic E-state index is 0.156. The first kappa shape index (κ1) is 11.1. The largest absolute Gasteiger partial charge is 0.468 e. The van der Waals surface area contributed by atoms with E-state index in [1.165, 1.54) is 23.8 Å². The molecular weight excluding hydrogens is 202 g/mol. The van der Waals surface area contributed by atoms with Crippen LogP contribution < -0.4 is 0 Å². The molecule has 86 valence electrons. The minimum atomic E-state index is -0.156. The molecule has 0 fully saturated rings. The molecule has 2 rings (SSSR count). The van der Waals surface area contributed by atoms with Crippen LogP contribution in [0.25, 0.3) is 0 Å². The van der Waals surface area contributed by atoms with Crippen molar-refractivity contribution in [3.8, 4) is 0 Å². The van der Waals surface area contributed by atoms with Crippen molar-refractivity contribution >= 4 is 5.97 Å². The second-order valence-corrected chi connectivity index (χ2v) is 4.25. The van der Waals surface area contributed by atoms with Gasteiger partial charge in [0.1, 0.15) is 0 Å². The molecular formula is C13H17NO2. The van der Waals surface area contributed by atoms with Crippen molar-refractivity contribution in [2.45, 2.75) is 19.9 Å². The number of esters is 1. The molecule has 0 unspecified atom stereocenters. The highest BCUT2D eigenvalue weighted by atomic mass is 16.5. The lowest BCUT2D eigenvalue weighted by Crippen LogP contribution is -2.35. The second-order valence-electron chi connectivity index (χ2n) is 4.25. The van der Waals surface area contributed by atoms with E-state index in [0.29, 0.717) is 6.54 Å². The zero-order valence-corrected chi connectivity index (χ0v) is 9.82. The maximum absolute atomic E-state index is 11.2. The van der Waals surface area contributed by atoms with Crippen LogP contribution in [0, 0.1) is 6.92 Å². The van der Waals surface area contributed by atoms with Gasteiger partial charge in [-0.1, -0.05) is 18.2 Å². The first-order valence-electron chi connectivity index (χ1n) is 5.57. The topological polar surface area (TPSA) is 29.5 Å². The summed E-state index contributed by atoms with van der Waals surface area (Å²) in [6.45, 7) is 4.33. The molecule has 1 aliphatic rings. The van der Waals surface area contributed by atoms with Crippen molar-refractivity contribution in [2.75, 3.05) is 20.2 Å². The van der Waals surface area contributed by atoms with Crippen LogP contribution in [0.15, 0.2) is 18.2 Å². The fourth-order valence-electron chi connectivity index (χ4n) is 2.24. The maximum Gasteiger partial charge on any atom is 0.319 e. The lowest BCUT2D eigenvalue weighted by Gasteiger charge is -2.28. The van der Waals surface area contributed by atoms with Gasteiger partial charge in [-0.3, -0.25) is 9.69 Å². The van der Waals surface area contributed by atoms with Crippen LogP contribution >= 0.6 is 0 Å². The van der Waals surface area contributed by atoms with Crippen LogP contribution in [0.1, 0.15) is 16.7 Å². The minimum Gasteiger partial charge on any atom is -0.468 e. The van der Waals surface area contributed by atoms with Gasteiger partial charge in [0, 0.05) is 13.1 Å². The van der Waals surface area contributed by atoms with Crippen LogP contribution in [0.2, 0.25) is 0 Å². The third-order valence-corrected chi connectivity index (χ3v) is 3.16. The SMILES string of the molecule is COC(=O)CN1CCc2c(C)cccc2C1. The molecule has 0 N–H and O–H groups in total. The lowest BCUT2D eigenvalue weighted by molar-refractivity contribution is -0.142. The highest BCUT2D eigenvalue weighted by Crippen LogP contribution is 2.21. The Labute approximate surface area is 96.0 Å². The molecule has 0 radical (unpaired) electrons. The molecule has 3 nitrogen and oxygen atoms in total. The van der Waals surface area contributed by atoms with E-state index in [1.807, 2.05) is 0 Å². The first-order valence-corrected chi connectivity index (χ1v) is 5.57. The van der Waals surface area contributed by atoms with Gasteiger partial charge < -0.3 is 4.74 Å². The molecule has 0 aliphatic carbocycles. The summed E-state index contributed by atoms with van der Waals surface area (Å²) in [6.07, 6.45) is 1.03. The Morgan fingerprint density at radius 1 is 1.50 bits per heavy atom. The third-order valence-electron chi connectivity index (χ3n) is 3.16. The van der Waals surface area contributed by atoms with Gasteiger partial charge in [-0.15, -0.1) is 0 Å². The van der Waals surface area contributed by atoms with Gasteiger partial charge in [-0.2, -0.15) is 0 Å². The summed E-state index contributed by atoms with van der Waals surface area (Å²) in [5, 5.41) is 0. The summed E-state index contributed by atoms with van der Waals surface area (Å²) in [4.78, 5) is 13.3. The molecule has 0 spiro atoms. The van der Waals surface area contributed by atoms with E-state index in [-0.39, 0.29) is 5.97 Å². The second kappa shape index (κ2) is 4.66. The highest BCUT2D eigenvalue weighted by Gasteiger charge is 2.19. The van der Waals surface area contributed by atoms with Gasteiger partial charge in [0.25, 0.3) is 0 Å². The number of aryl methyl sites for hydroxylation is 1. The summed E-state index contributed by atoms with van der Waals surface area (Å²) in [7, 11) is 1.43. The van der Waals surface area contributed by atoms with Gasteiger partial charge in [0.2, 0.25) is 0 Å². The zero-order chi connectivity index (χ0) is 11.5. The van der Waals surface area contributed by atoms with Gasteiger partial charge >= 0.3 is 5.97 Å². The Balaban J connectivity index is 2.09. The summed E-state index contributed by atoms with van der Waals surface area (Å²) in [5.41, 5.74) is 4.15. The van der Waals surface area contributed by atoms with Crippen molar-refractivity contribution in [3.63, 3.8) is 0 Å². The molecule has 0 aromatic heterocycles. The van der Waals surface area contributed by atoms with E-state index in [1.54, 1.807) is 0 Å². The molecule has 0 atom stereocenters. The number of methoxy groups -OCH3 is 1. The number of fused-ring (bicyclic) bond motifs is 1. The number of carbonyl (C=O) groups is 1. The Morgan fingerprint density at radius 3 is 3.06 bits per heavy atom. The fraction of sp³-hybridized carbons (Fsp3) is 0.462. The molecule has 0 saturated heterocycles. The van der Waals surface area contributed by atoms with E-state index in [9.17, 15) is 4.79 Å². The Morgan fingerprint density at radius 2 is 2.31 bits per heavy atom. The fourth-order valence-corrected chi connectivity index (χ4v) is 2.24.